The molecule has 0 fully saturated rings. The predicted molar refractivity (Wildman–Crippen MR) is 93.1 cm³/mol. The zero-order valence-corrected chi connectivity index (χ0v) is 15.3. The summed E-state index contributed by atoms with van der Waals surface area (Å²) in [7, 11) is -3.07. The van der Waals surface area contributed by atoms with Crippen LogP contribution in [0.1, 0.15) is 22.3 Å². The Kier molecular flexibility index (Phi) is 5.35. The molecule has 0 unspecified atom stereocenters. The van der Waals surface area contributed by atoms with Gasteiger partial charge in [-0.3, -0.25) is 0 Å². The number of benzene rings is 2. The van der Waals surface area contributed by atoms with E-state index in [2.05, 4.69) is 4.74 Å². The number of rotatable bonds is 5. The lowest BCUT2D eigenvalue weighted by molar-refractivity contribution is 0.188. The van der Waals surface area contributed by atoms with Crippen LogP contribution in [0.4, 0.5) is 4.79 Å². The first kappa shape index (κ1) is 18.1. The number of hydrogen-bond acceptors (Lipinski definition) is 5. The van der Waals surface area contributed by atoms with Crippen molar-refractivity contribution in [1.82, 2.24) is 0 Å². The van der Waals surface area contributed by atoms with E-state index in [0.717, 1.165) is 29.4 Å². The van der Waals surface area contributed by atoms with Gasteiger partial charge in [-0.2, -0.15) is 0 Å². The van der Waals surface area contributed by atoms with Gasteiger partial charge in [0.2, 0.25) is 0 Å². The van der Waals surface area contributed by atoms with Gasteiger partial charge in [0.1, 0.15) is 11.5 Å². The maximum atomic E-state index is 13.2. The topological polar surface area (TPSA) is 61.8 Å². The van der Waals surface area contributed by atoms with Crippen LogP contribution >= 0.6 is 7.60 Å². The maximum Gasteiger partial charge on any atom is 0.540 e. The van der Waals surface area contributed by atoms with E-state index in [0.29, 0.717) is 11.5 Å². The number of hydrogen-bond donors (Lipinski definition) is 0. The summed E-state index contributed by atoms with van der Waals surface area (Å²) in [5.74, 6) is 0.718. The fraction of sp³-hybridized carbons (Fsp3) is 0.278. The van der Waals surface area contributed by atoms with Crippen molar-refractivity contribution in [3.63, 3.8) is 0 Å². The van der Waals surface area contributed by atoms with Crippen LogP contribution in [0, 0.1) is 27.7 Å². The predicted octanol–water partition coefficient (Wildman–Crippen LogP) is 5.34. The second-order valence-corrected chi connectivity index (χ2v) is 7.32. The molecule has 2 rings (SSSR count). The second-order valence-electron chi connectivity index (χ2n) is 5.59. The Morgan fingerprint density at radius 3 is 1.42 bits per heavy atom. The smallest absolute Gasteiger partial charge is 0.458 e. The van der Waals surface area contributed by atoms with E-state index in [4.69, 9.17) is 9.05 Å². The summed E-state index contributed by atoms with van der Waals surface area (Å²) in [5, 5.41) is 0. The van der Waals surface area contributed by atoms with E-state index < -0.39 is 13.3 Å². The van der Waals surface area contributed by atoms with E-state index in [-0.39, 0.29) is 0 Å². The average Bonchev–Trinajstić information content (AvgIpc) is 2.54. The summed E-state index contributed by atoms with van der Waals surface area (Å²) in [5.41, 5.74) is 1.98. The molecule has 0 aliphatic heterocycles. The SMILES string of the molecule is COC(=O)P(=O)(Oc1c(C)cccc1C)Oc1c(C)cccc1C. The number of carbonyl (C=O) groups excluding carboxylic acids is 1. The number of aryl methyl sites for hydroxylation is 4. The molecule has 5 nitrogen and oxygen atoms in total. The first-order valence-corrected chi connectivity index (χ1v) is 9.03. The third-order valence-electron chi connectivity index (χ3n) is 3.64. The highest BCUT2D eigenvalue weighted by Gasteiger charge is 2.41. The molecule has 0 heterocycles. The van der Waals surface area contributed by atoms with Crippen LogP contribution in [0.3, 0.4) is 0 Å². The Bertz CT molecular complexity index is 715. The zero-order valence-electron chi connectivity index (χ0n) is 14.5. The summed E-state index contributed by atoms with van der Waals surface area (Å²) in [6.45, 7) is 7.23. The van der Waals surface area contributed by atoms with E-state index in [9.17, 15) is 9.36 Å². The van der Waals surface area contributed by atoms with Gasteiger partial charge < -0.3 is 13.8 Å². The Labute approximate surface area is 142 Å². The fourth-order valence-electron chi connectivity index (χ4n) is 2.33. The molecule has 0 amide bonds. The van der Waals surface area contributed by atoms with Crippen molar-refractivity contribution in [3.05, 3.63) is 58.7 Å². The van der Waals surface area contributed by atoms with Crippen molar-refractivity contribution < 1.29 is 23.1 Å². The molecule has 0 saturated heterocycles. The molecular weight excluding hydrogens is 327 g/mol. The lowest BCUT2D eigenvalue weighted by Crippen LogP contribution is -2.13. The highest BCUT2D eigenvalue weighted by Crippen LogP contribution is 2.52. The first-order valence-electron chi connectivity index (χ1n) is 7.48. The van der Waals surface area contributed by atoms with Gasteiger partial charge in [0.05, 0.1) is 7.11 Å². The van der Waals surface area contributed by atoms with Crippen LogP contribution in [0.2, 0.25) is 0 Å². The molecule has 0 aromatic heterocycles. The van der Waals surface area contributed by atoms with Gasteiger partial charge in [0, 0.05) is 0 Å². The molecule has 0 saturated carbocycles. The third-order valence-corrected chi connectivity index (χ3v) is 5.11. The minimum absolute atomic E-state index is 0.359. The van der Waals surface area contributed by atoms with E-state index in [1.165, 1.54) is 0 Å². The van der Waals surface area contributed by atoms with Gasteiger partial charge in [-0.05, 0) is 49.9 Å². The molecular formula is C18H21O5P. The van der Waals surface area contributed by atoms with Crippen molar-refractivity contribution in [1.29, 1.82) is 0 Å². The number of para-hydroxylation sites is 2. The quantitative estimate of drug-likeness (QED) is 0.683. The minimum atomic E-state index is -4.22. The van der Waals surface area contributed by atoms with Crippen LogP contribution in [-0.4, -0.2) is 12.8 Å². The largest absolute Gasteiger partial charge is 0.540 e. The molecule has 2 aromatic rings. The number of methoxy groups -OCH3 is 1. The van der Waals surface area contributed by atoms with Gasteiger partial charge in [-0.15, -0.1) is 0 Å². The molecule has 0 N–H and O–H groups in total. The van der Waals surface area contributed by atoms with Crippen LogP contribution in [0.15, 0.2) is 36.4 Å². The zero-order chi connectivity index (χ0) is 17.9. The van der Waals surface area contributed by atoms with Crippen molar-refractivity contribution in [2.24, 2.45) is 0 Å². The van der Waals surface area contributed by atoms with Gasteiger partial charge >= 0.3 is 13.3 Å². The molecule has 0 aliphatic rings. The Morgan fingerprint density at radius 1 is 0.792 bits per heavy atom. The third kappa shape index (κ3) is 3.62. The summed E-state index contributed by atoms with van der Waals surface area (Å²) in [6, 6.07) is 10.9. The minimum Gasteiger partial charge on any atom is -0.458 e. The van der Waals surface area contributed by atoms with Gasteiger partial charge in [-0.1, -0.05) is 36.4 Å². The lowest BCUT2D eigenvalue weighted by atomic mass is 10.1. The standard InChI is InChI=1S/C18H21O5P/c1-12-8-6-9-13(2)16(12)22-24(20,18(19)21-5)23-17-14(3)10-7-11-15(17)4/h6-11H,1-5H3. The Hall–Kier alpha value is -2.26. The molecule has 24 heavy (non-hydrogen) atoms. The highest BCUT2D eigenvalue weighted by molar-refractivity contribution is 7.72. The summed E-state index contributed by atoms with van der Waals surface area (Å²) in [6.07, 6.45) is 0. The highest BCUT2D eigenvalue weighted by atomic mass is 31.2. The van der Waals surface area contributed by atoms with Crippen LogP contribution < -0.4 is 9.05 Å². The molecule has 0 atom stereocenters. The van der Waals surface area contributed by atoms with Crippen molar-refractivity contribution in [2.45, 2.75) is 27.7 Å². The van der Waals surface area contributed by atoms with Gasteiger partial charge in [0.15, 0.2) is 0 Å². The van der Waals surface area contributed by atoms with Crippen molar-refractivity contribution in [2.75, 3.05) is 7.11 Å². The molecule has 0 bridgehead atoms. The summed E-state index contributed by atoms with van der Waals surface area (Å²) in [4.78, 5) is 12.2. The fourth-order valence-corrected chi connectivity index (χ4v) is 3.80. The molecule has 2 aromatic carbocycles. The van der Waals surface area contributed by atoms with Crippen molar-refractivity contribution in [3.8, 4) is 11.5 Å². The molecule has 0 spiro atoms. The maximum absolute atomic E-state index is 13.2. The average molecular weight is 348 g/mol. The van der Waals surface area contributed by atoms with E-state index in [1.807, 2.05) is 64.1 Å². The van der Waals surface area contributed by atoms with E-state index in [1.54, 1.807) is 0 Å². The second kappa shape index (κ2) is 7.10. The summed E-state index contributed by atoms with van der Waals surface area (Å²) >= 11 is 0. The van der Waals surface area contributed by atoms with Crippen molar-refractivity contribution >= 4 is 13.3 Å². The normalized spacial score (nSPS) is 11.0. The molecule has 0 radical (unpaired) electrons. The number of ether oxygens (including phenoxy) is 1. The van der Waals surface area contributed by atoms with Crippen LogP contribution in [-0.2, 0) is 9.30 Å². The molecule has 6 heteroatoms. The Balaban J connectivity index is 2.48. The molecule has 128 valence electrons. The van der Waals surface area contributed by atoms with Crippen LogP contribution in [0.25, 0.3) is 0 Å². The lowest BCUT2D eigenvalue weighted by Gasteiger charge is -2.21. The van der Waals surface area contributed by atoms with E-state index >= 15 is 0 Å². The number of carbonyl (C=O) groups is 1. The summed E-state index contributed by atoms with van der Waals surface area (Å²) < 4.78 is 29.0. The van der Waals surface area contributed by atoms with Crippen LogP contribution in [0.5, 0.6) is 11.5 Å². The van der Waals surface area contributed by atoms with Gasteiger partial charge in [0.25, 0.3) is 0 Å². The first-order chi connectivity index (χ1) is 11.3. The van der Waals surface area contributed by atoms with Gasteiger partial charge in [-0.25, -0.2) is 9.36 Å². The molecule has 0 aliphatic carbocycles. The Morgan fingerprint density at radius 2 is 1.12 bits per heavy atom. The monoisotopic (exact) mass is 348 g/mol.